The number of hydrogen-bond acceptors (Lipinski definition) is 4. The first-order chi connectivity index (χ1) is 11.2. The number of carbonyl (C=O) groups is 2. The summed E-state index contributed by atoms with van der Waals surface area (Å²) < 4.78 is 1.44. The monoisotopic (exact) mass is 307 g/mol. The molecule has 0 aliphatic carbocycles. The minimum atomic E-state index is -0.664. The zero-order chi connectivity index (χ0) is 15.8. The highest BCUT2D eigenvalue weighted by Gasteiger charge is 2.33. The zero-order valence-corrected chi connectivity index (χ0v) is 12.1. The minimum absolute atomic E-state index is 0.00537. The Balaban J connectivity index is 1.55. The average molecular weight is 307 g/mol. The number of hydrogen-bond donors (Lipinski definition) is 2. The molecule has 1 aliphatic heterocycles. The number of aromatic nitrogens is 3. The Morgan fingerprint density at radius 3 is 2.96 bits per heavy atom. The molecule has 3 aromatic rings. The SMILES string of the molecule is O=C(C[C@H]1C(=O)Nc2ncnn21)Nc1cccc2ccccc12. The van der Waals surface area contributed by atoms with Gasteiger partial charge < -0.3 is 5.32 Å². The normalized spacial score (nSPS) is 16.2. The van der Waals surface area contributed by atoms with Crippen LogP contribution in [0.3, 0.4) is 0 Å². The van der Waals surface area contributed by atoms with E-state index in [1.54, 1.807) is 0 Å². The summed E-state index contributed by atoms with van der Waals surface area (Å²) >= 11 is 0. The Hall–Kier alpha value is -3.22. The van der Waals surface area contributed by atoms with E-state index in [0.717, 1.165) is 16.5 Å². The molecular weight excluding hydrogens is 294 g/mol. The van der Waals surface area contributed by atoms with Crippen molar-refractivity contribution in [2.45, 2.75) is 12.5 Å². The summed E-state index contributed by atoms with van der Waals surface area (Å²) in [6.07, 6.45) is 1.36. The van der Waals surface area contributed by atoms with Crippen LogP contribution in [0.5, 0.6) is 0 Å². The topological polar surface area (TPSA) is 88.9 Å². The molecule has 0 unspecified atom stereocenters. The molecule has 23 heavy (non-hydrogen) atoms. The van der Waals surface area contributed by atoms with Crippen LogP contribution in [0, 0.1) is 0 Å². The molecule has 2 N–H and O–H groups in total. The second kappa shape index (κ2) is 5.20. The van der Waals surface area contributed by atoms with Crippen LogP contribution < -0.4 is 10.6 Å². The van der Waals surface area contributed by atoms with Crippen molar-refractivity contribution in [3.63, 3.8) is 0 Å². The van der Waals surface area contributed by atoms with E-state index in [0.29, 0.717) is 5.95 Å². The van der Waals surface area contributed by atoms with Gasteiger partial charge in [-0.25, -0.2) is 4.68 Å². The van der Waals surface area contributed by atoms with Gasteiger partial charge in [-0.1, -0.05) is 36.4 Å². The first kappa shape index (κ1) is 13.4. The van der Waals surface area contributed by atoms with Crippen LogP contribution in [-0.4, -0.2) is 26.6 Å². The molecule has 1 aliphatic rings. The van der Waals surface area contributed by atoms with E-state index < -0.39 is 6.04 Å². The number of amides is 2. The summed E-state index contributed by atoms with van der Waals surface area (Å²) in [7, 11) is 0. The highest BCUT2D eigenvalue weighted by molar-refractivity contribution is 6.04. The van der Waals surface area contributed by atoms with Gasteiger partial charge in [0.25, 0.3) is 5.91 Å². The van der Waals surface area contributed by atoms with Gasteiger partial charge in [0.05, 0.1) is 6.42 Å². The molecule has 7 nitrogen and oxygen atoms in total. The predicted molar refractivity (Wildman–Crippen MR) is 84.9 cm³/mol. The van der Waals surface area contributed by atoms with Crippen LogP contribution in [0.15, 0.2) is 48.8 Å². The summed E-state index contributed by atoms with van der Waals surface area (Å²) in [6, 6.07) is 12.8. The van der Waals surface area contributed by atoms with E-state index in [-0.39, 0.29) is 18.2 Å². The lowest BCUT2D eigenvalue weighted by Gasteiger charge is -2.11. The molecule has 0 radical (unpaired) electrons. The molecule has 0 saturated heterocycles. The number of nitrogens with one attached hydrogen (secondary N) is 2. The average Bonchev–Trinajstić information content (AvgIpc) is 3.11. The van der Waals surface area contributed by atoms with Crippen LogP contribution in [0.1, 0.15) is 12.5 Å². The molecule has 0 saturated carbocycles. The quantitative estimate of drug-likeness (QED) is 0.774. The summed E-state index contributed by atoms with van der Waals surface area (Å²) in [4.78, 5) is 28.2. The number of carbonyl (C=O) groups excluding carboxylic acids is 2. The first-order valence-electron chi connectivity index (χ1n) is 7.20. The summed E-state index contributed by atoms with van der Waals surface area (Å²) in [5.74, 6) is -0.142. The molecule has 0 fully saturated rings. The predicted octanol–water partition coefficient (Wildman–Crippen LogP) is 1.95. The fourth-order valence-electron chi connectivity index (χ4n) is 2.76. The standard InChI is InChI=1S/C16H13N5O2/c22-14(8-13-15(23)20-16-17-9-18-21(13)16)19-12-7-3-5-10-4-1-2-6-11(10)12/h1-7,9,13H,8H2,(H,19,22)(H,17,18,20,23)/t13-/m0/s1. The third-order valence-electron chi connectivity index (χ3n) is 3.85. The number of anilines is 2. The first-order valence-corrected chi connectivity index (χ1v) is 7.20. The van der Waals surface area contributed by atoms with Gasteiger partial charge in [-0.2, -0.15) is 10.1 Å². The molecular formula is C16H13N5O2. The van der Waals surface area contributed by atoms with Crippen LogP contribution in [0.2, 0.25) is 0 Å². The van der Waals surface area contributed by atoms with Gasteiger partial charge in [-0.05, 0) is 11.5 Å². The van der Waals surface area contributed by atoms with Gasteiger partial charge in [0.1, 0.15) is 12.4 Å². The fraction of sp³-hybridized carbons (Fsp3) is 0.125. The van der Waals surface area contributed by atoms with E-state index in [9.17, 15) is 9.59 Å². The molecule has 0 spiro atoms. The minimum Gasteiger partial charge on any atom is -0.325 e. The molecule has 0 bridgehead atoms. The Morgan fingerprint density at radius 2 is 2.04 bits per heavy atom. The molecule has 7 heteroatoms. The second-order valence-corrected chi connectivity index (χ2v) is 5.31. The van der Waals surface area contributed by atoms with Crippen LogP contribution >= 0.6 is 0 Å². The number of fused-ring (bicyclic) bond motifs is 2. The van der Waals surface area contributed by atoms with E-state index in [4.69, 9.17) is 0 Å². The van der Waals surface area contributed by atoms with Crippen molar-refractivity contribution in [3.05, 3.63) is 48.8 Å². The van der Waals surface area contributed by atoms with Gasteiger partial charge in [-0.3, -0.25) is 14.9 Å². The molecule has 1 aromatic heterocycles. The Bertz CT molecular complexity index is 912. The van der Waals surface area contributed by atoms with Crippen molar-refractivity contribution >= 4 is 34.2 Å². The van der Waals surface area contributed by atoms with E-state index in [1.807, 2.05) is 42.5 Å². The zero-order valence-electron chi connectivity index (χ0n) is 12.1. The lowest BCUT2D eigenvalue weighted by molar-refractivity contribution is -0.123. The highest BCUT2D eigenvalue weighted by atomic mass is 16.2. The van der Waals surface area contributed by atoms with Gasteiger partial charge in [0.2, 0.25) is 11.9 Å². The van der Waals surface area contributed by atoms with Crippen LogP contribution in [0.25, 0.3) is 10.8 Å². The molecule has 1 atom stereocenters. The van der Waals surface area contributed by atoms with Crippen molar-refractivity contribution in [2.24, 2.45) is 0 Å². The lowest BCUT2D eigenvalue weighted by atomic mass is 10.1. The van der Waals surface area contributed by atoms with Crippen molar-refractivity contribution in [3.8, 4) is 0 Å². The number of benzene rings is 2. The molecule has 114 valence electrons. The van der Waals surface area contributed by atoms with Gasteiger partial charge in [0.15, 0.2) is 0 Å². The maximum absolute atomic E-state index is 12.3. The van der Waals surface area contributed by atoms with Gasteiger partial charge in [0, 0.05) is 11.1 Å². The lowest BCUT2D eigenvalue weighted by Crippen LogP contribution is -2.23. The Labute approximate surface area is 131 Å². The maximum atomic E-state index is 12.3. The molecule has 2 heterocycles. The highest BCUT2D eigenvalue weighted by Crippen LogP contribution is 2.26. The summed E-state index contributed by atoms with van der Waals surface area (Å²) in [5, 5.41) is 11.5. The van der Waals surface area contributed by atoms with Crippen LogP contribution in [-0.2, 0) is 9.59 Å². The fourth-order valence-corrected chi connectivity index (χ4v) is 2.76. The largest absolute Gasteiger partial charge is 0.325 e. The van der Waals surface area contributed by atoms with Crippen molar-refractivity contribution in [1.82, 2.24) is 14.8 Å². The smallest absolute Gasteiger partial charge is 0.252 e. The van der Waals surface area contributed by atoms with Crippen LogP contribution in [0.4, 0.5) is 11.6 Å². The Kier molecular flexibility index (Phi) is 3.04. The van der Waals surface area contributed by atoms with Crippen molar-refractivity contribution in [1.29, 1.82) is 0 Å². The molecule has 2 amide bonds. The third kappa shape index (κ3) is 2.32. The molecule has 4 rings (SSSR count). The molecule has 2 aromatic carbocycles. The Morgan fingerprint density at radius 1 is 1.22 bits per heavy atom. The number of rotatable bonds is 3. The van der Waals surface area contributed by atoms with Crippen molar-refractivity contribution in [2.75, 3.05) is 10.6 Å². The van der Waals surface area contributed by atoms with Crippen molar-refractivity contribution < 1.29 is 9.59 Å². The van der Waals surface area contributed by atoms with Gasteiger partial charge >= 0.3 is 0 Å². The number of nitrogens with zero attached hydrogens (tertiary/aromatic N) is 3. The maximum Gasteiger partial charge on any atom is 0.252 e. The second-order valence-electron chi connectivity index (χ2n) is 5.31. The van der Waals surface area contributed by atoms with E-state index in [2.05, 4.69) is 20.7 Å². The third-order valence-corrected chi connectivity index (χ3v) is 3.85. The summed E-state index contributed by atoms with van der Waals surface area (Å²) in [5.41, 5.74) is 0.727. The van der Waals surface area contributed by atoms with Gasteiger partial charge in [-0.15, -0.1) is 0 Å². The summed E-state index contributed by atoms with van der Waals surface area (Å²) in [6.45, 7) is 0. The van der Waals surface area contributed by atoms with E-state index >= 15 is 0 Å². The van der Waals surface area contributed by atoms with E-state index in [1.165, 1.54) is 11.0 Å².